The molecule has 7 nitrogen and oxygen atoms in total. The van der Waals surface area contributed by atoms with Gasteiger partial charge in [-0.15, -0.1) is 11.3 Å². The summed E-state index contributed by atoms with van der Waals surface area (Å²) in [5.74, 6) is -0.845. The number of methoxy groups -OCH3 is 1. The van der Waals surface area contributed by atoms with Crippen molar-refractivity contribution in [3.8, 4) is 0 Å². The van der Waals surface area contributed by atoms with E-state index in [1.165, 1.54) is 13.2 Å². The number of nitrogens with zero attached hydrogens (tertiary/aromatic N) is 1. The fourth-order valence-corrected chi connectivity index (χ4v) is 4.10. The number of halogens is 2. The fraction of sp³-hybridized carbons (Fsp3) is 0.316. The van der Waals surface area contributed by atoms with Crippen LogP contribution in [0.3, 0.4) is 0 Å². The number of esters is 1. The van der Waals surface area contributed by atoms with Crippen molar-refractivity contribution in [3.05, 3.63) is 44.2 Å². The normalized spacial score (nSPS) is 10.4. The van der Waals surface area contributed by atoms with Crippen LogP contribution in [-0.2, 0) is 4.74 Å². The molecule has 29 heavy (non-hydrogen) atoms. The third kappa shape index (κ3) is 5.20. The number of thiophene rings is 1. The molecule has 3 amide bonds. The summed E-state index contributed by atoms with van der Waals surface area (Å²) >= 11 is 12.9. The van der Waals surface area contributed by atoms with Gasteiger partial charge in [-0.3, -0.25) is 10.1 Å². The predicted octanol–water partition coefficient (Wildman–Crippen LogP) is 5.28. The van der Waals surface area contributed by atoms with E-state index in [1.54, 1.807) is 24.0 Å². The number of carbonyl (C=O) groups excluding carboxylic acids is 3. The Morgan fingerprint density at radius 2 is 1.76 bits per heavy atom. The van der Waals surface area contributed by atoms with Gasteiger partial charge in [-0.25, -0.2) is 9.59 Å². The molecule has 0 bridgehead atoms. The summed E-state index contributed by atoms with van der Waals surface area (Å²) in [6, 6.07) is 4.04. The van der Waals surface area contributed by atoms with E-state index in [1.807, 2.05) is 13.8 Å². The molecule has 0 aliphatic heterocycles. The first-order valence-corrected chi connectivity index (χ1v) is 10.3. The third-order valence-corrected chi connectivity index (χ3v) is 6.12. The van der Waals surface area contributed by atoms with Crippen molar-refractivity contribution < 1.29 is 19.1 Å². The molecular weight excluding hydrogens is 437 g/mol. The summed E-state index contributed by atoms with van der Waals surface area (Å²) < 4.78 is 4.83. The minimum atomic E-state index is -0.637. The molecule has 0 saturated heterocycles. The lowest BCUT2D eigenvalue weighted by Crippen LogP contribution is -2.30. The molecule has 0 unspecified atom stereocenters. The highest BCUT2D eigenvalue weighted by Gasteiger charge is 2.28. The summed E-state index contributed by atoms with van der Waals surface area (Å²) in [5.41, 5.74) is 1.03. The molecule has 2 aromatic rings. The van der Waals surface area contributed by atoms with E-state index in [2.05, 4.69) is 10.6 Å². The molecular formula is C19H21Cl2N3O4S. The van der Waals surface area contributed by atoms with Crippen LogP contribution in [0.15, 0.2) is 18.2 Å². The zero-order valence-corrected chi connectivity index (χ0v) is 18.7. The number of ether oxygens (including phenoxy) is 1. The Morgan fingerprint density at radius 3 is 2.31 bits per heavy atom. The van der Waals surface area contributed by atoms with E-state index in [0.717, 1.165) is 11.3 Å². The average molecular weight is 458 g/mol. The zero-order valence-electron chi connectivity index (χ0n) is 16.4. The SMILES string of the molecule is CCN(CC)C(=O)c1sc(NC(=O)Nc2ccc(Cl)c(Cl)c2)c(C(=O)OC)c1C. The Balaban J connectivity index is 2.33. The van der Waals surface area contributed by atoms with Crippen LogP contribution in [0.2, 0.25) is 10.0 Å². The Hall–Kier alpha value is -2.29. The van der Waals surface area contributed by atoms with Crippen molar-refractivity contribution in [1.82, 2.24) is 4.90 Å². The first-order chi connectivity index (χ1) is 13.7. The molecule has 0 radical (unpaired) electrons. The topological polar surface area (TPSA) is 87.7 Å². The van der Waals surface area contributed by atoms with Crippen LogP contribution >= 0.6 is 34.5 Å². The maximum absolute atomic E-state index is 12.8. The first kappa shape index (κ1) is 23.0. The summed E-state index contributed by atoms with van der Waals surface area (Å²) in [6.07, 6.45) is 0. The second-order valence-electron chi connectivity index (χ2n) is 5.94. The number of nitrogens with one attached hydrogen (secondary N) is 2. The van der Waals surface area contributed by atoms with Crippen LogP contribution in [-0.4, -0.2) is 43.0 Å². The second kappa shape index (κ2) is 9.96. The molecule has 0 spiro atoms. The van der Waals surface area contributed by atoms with Gasteiger partial charge in [-0.2, -0.15) is 0 Å². The van der Waals surface area contributed by atoms with E-state index in [4.69, 9.17) is 27.9 Å². The standard InChI is InChI=1S/C19H21Cl2N3O4S/c1-5-24(6-2)17(25)15-10(3)14(18(26)28-4)16(29-15)23-19(27)22-11-7-8-12(20)13(21)9-11/h7-9H,5-6H2,1-4H3,(H2,22,23,27). The number of rotatable bonds is 6. The molecule has 2 rings (SSSR count). The van der Waals surface area contributed by atoms with E-state index in [-0.39, 0.29) is 16.5 Å². The molecule has 1 aromatic carbocycles. The van der Waals surface area contributed by atoms with Gasteiger partial charge in [-0.1, -0.05) is 23.2 Å². The lowest BCUT2D eigenvalue weighted by Gasteiger charge is -2.17. The second-order valence-corrected chi connectivity index (χ2v) is 7.77. The number of amides is 3. The third-order valence-electron chi connectivity index (χ3n) is 4.19. The number of urea groups is 1. The highest BCUT2D eigenvalue weighted by Crippen LogP contribution is 2.35. The maximum Gasteiger partial charge on any atom is 0.341 e. The molecule has 0 atom stereocenters. The number of anilines is 2. The summed E-state index contributed by atoms with van der Waals surface area (Å²) in [6.45, 7) is 6.45. The minimum absolute atomic E-state index is 0.150. The molecule has 156 valence electrons. The Bertz CT molecular complexity index is 942. The van der Waals surface area contributed by atoms with Crippen LogP contribution in [0.5, 0.6) is 0 Å². The van der Waals surface area contributed by atoms with Gasteiger partial charge in [0.1, 0.15) is 5.00 Å². The van der Waals surface area contributed by atoms with Crippen molar-refractivity contribution >= 4 is 63.1 Å². The quantitative estimate of drug-likeness (QED) is 0.577. The lowest BCUT2D eigenvalue weighted by atomic mass is 10.1. The fourth-order valence-electron chi connectivity index (χ4n) is 2.65. The van der Waals surface area contributed by atoms with Crippen molar-refractivity contribution in [2.75, 3.05) is 30.8 Å². The monoisotopic (exact) mass is 457 g/mol. The summed E-state index contributed by atoms with van der Waals surface area (Å²) in [7, 11) is 1.24. The predicted molar refractivity (Wildman–Crippen MR) is 117 cm³/mol. The molecule has 1 heterocycles. The molecule has 0 aliphatic rings. The molecule has 0 fully saturated rings. The molecule has 0 saturated carbocycles. The van der Waals surface area contributed by atoms with E-state index < -0.39 is 12.0 Å². The van der Waals surface area contributed by atoms with Gasteiger partial charge in [0.05, 0.1) is 27.6 Å². The van der Waals surface area contributed by atoms with Gasteiger partial charge >= 0.3 is 12.0 Å². The number of hydrogen-bond acceptors (Lipinski definition) is 5. The van der Waals surface area contributed by atoms with E-state index in [9.17, 15) is 14.4 Å². The van der Waals surface area contributed by atoms with Gasteiger partial charge in [0, 0.05) is 18.8 Å². The average Bonchev–Trinajstić information content (AvgIpc) is 3.00. The van der Waals surface area contributed by atoms with Crippen LogP contribution in [0.4, 0.5) is 15.5 Å². The van der Waals surface area contributed by atoms with Crippen molar-refractivity contribution in [3.63, 3.8) is 0 Å². The van der Waals surface area contributed by atoms with Gasteiger partial charge < -0.3 is 15.0 Å². The van der Waals surface area contributed by atoms with Crippen LogP contribution in [0.25, 0.3) is 0 Å². The van der Waals surface area contributed by atoms with Gasteiger partial charge in [0.2, 0.25) is 0 Å². The Morgan fingerprint density at radius 1 is 1.10 bits per heavy atom. The maximum atomic E-state index is 12.8. The highest BCUT2D eigenvalue weighted by molar-refractivity contribution is 7.18. The van der Waals surface area contributed by atoms with Crippen molar-refractivity contribution in [2.45, 2.75) is 20.8 Å². The summed E-state index contributed by atoms with van der Waals surface area (Å²) in [4.78, 5) is 39.5. The number of benzene rings is 1. The van der Waals surface area contributed by atoms with Crippen molar-refractivity contribution in [2.24, 2.45) is 0 Å². The van der Waals surface area contributed by atoms with E-state index >= 15 is 0 Å². The largest absolute Gasteiger partial charge is 0.465 e. The zero-order chi connectivity index (χ0) is 21.7. The van der Waals surface area contributed by atoms with Crippen LogP contribution in [0, 0.1) is 6.92 Å². The minimum Gasteiger partial charge on any atom is -0.465 e. The van der Waals surface area contributed by atoms with Gasteiger partial charge in [0.25, 0.3) is 5.91 Å². The smallest absolute Gasteiger partial charge is 0.341 e. The summed E-state index contributed by atoms with van der Waals surface area (Å²) in [5, 5.41) is 6.11. The Labute approximate surface area is 182 Å². The molecule has 1 aromatic heterocycles. The number of carbonyl (C=O) groups is 3. The van der Waals surface area contributed by atoms with Crippen LogP contribution < -0.4 is 10.6 Å². The Kier molecular flexibility index (Phi) is 7.89. The molecule has 0 aliphatic carbocycles. The first-order valence-electron chi connectivity index (χ1n) is 8.77. The van der Waals surface area contributed by atoms with Gasteiger partial charge in [0.15, 0.2) is 0 Å². The molecule has 2 N–H and O–H groups in total. The van der Waals surface area contributed by atoms with E-state index in [0.29, 0.717) is 39.3 Å². The van der Waals surface area contributed by atoms with Crippen LogP contribution in [0.1, 0.15) is 39.4 Å². The molecule has 10 heteroatoms. The number of hydrogen-bond donors (Lipinski definition) is 2. The van der Waals surface area contributed by atoms with Crippen molar-refractivity contribution in [1.29, 1.82) is 0 Å². The lowest BCUT2D eigenvalue weighted by molar-refractivity contribution is 0.0601. The van der Waals surface area contributed by atoms with Gasteiger partial charge in [-0.05, 0) is 44.5 Å². The highest BCUT2D eigenvalue weighted by atomic mass is 35.5.